The number of nitrogens with zero attached hydrogens (tertiary/aromatic N) is 2. The Bertz CT molecular complexity index is 613. The Morgan fingerprint density at radius 2 is 2.11 bits per heavy atom. The smallest absolute Gasteiger partial charge is 0.427 e. The summed E-state index contributed by atoms with van der Waals surface area (Å²) < 4.78 is 25.1. The lowest BCUT2D eigenvalue weighted by Gasteiger charge is -2.26. The van der Waals surface area contributed by atoms with Gasteiger partial charge in [-0.25, -0.2) is 12.7 Å². The summed E-state index contributed by atoms with van der Waals surface area (Å²) in [6.45, 7) is 5.56. The number of benzene rings is 1. The van der Waals surface area contributed by atoms with E-state index in [9.17, 15) is 13.4 Å². The Hall–Kier alpha value is -1.34. The first-order chi connectivity index (χ1) is 8.81. The van der Waals surface area contributed by atoms with Gasteiger partial charge in [0.25, 0.3) is 0 Å². The molecule has 0 atom stereocenters. The summed E-state index contributed by atoms with van der Waals surface area (Å²) >= 11 is 0. The number of hydrogen-bond donors (Lipinski definition) is 1. The van der Waals surface area contributed by atoms with Crippen molar-refractivity contribution in [1.29, 1.82) is 0 Å². The van der Waals surface area contributed by atoms with Gasteiger partial charge in [-0.15, -0.1) is 0 Å². The number of hydrogen-bond acceptors (Lipinski definition) is 4. The van der Waals surface area contributed by atoms with Crippen LogP contribution in [0.1, 0.15) is 25.0 Å². The van der Waals surface area contributed by atoms with Crippen LogP contribution in [0.25, 0.3) is 0 Å². The lowest BCUT2D eigenvalue weighted by Crippen LogP contribution is -2.53. The maximum Gasteiger partial charge on any atom is 0.484 e. The normalized spacial score (nSPS) is 15.0. The number of rotatable bonds is 3. The van der Waals surface area contributed by atoms with Gasteiger partial charge in [0.05, 0.1) is 12.0 Å². The van der Waals surface area contributed by atoms with Gasteiger partial charge in [0.1, 0.15) is 0 Å². The van der Waals surface area contributed by atoms with Crippen molar-refractivity contribution < 1.29 is 13.4 Å². The number of fused-ring (bicyclic) bond motifs is 1. The molecule has 1 aromatic rings. The second kappa shape index (κ2) is 4.98. The van der Waals surface area contributed by atoms with Crippen molar-refractivity contribution in [3.05, 3.63) is 29.3 Å². The molecule has 19 heavy (non-hydrogen) atoms. The minimum Gasteiger partial charge on any atom is -0.427 e. The zero-order chi connectivity index (χ0) is 14.2. The Kier molecular flexibility index (Phi) is 3.69. The summed E-state index contributed by atoms with van der Waals surface area (Å²) in [5.41, 5.74) is 2.35. The topological polar surface area (TPSA) is 70.0 Å². The van der Waals surface area contributed by atoms with Crippen LogP contribution in [0, 0.1) is 12.8 Å². The van der Waals surface area contributed by atoms with Gasteiger partial charge in [0, 0.05) is 0 Å². The average molecular weight is 280 g/mol. The molecule has 0 saturated carbocycles. The summed E-state index contributed by atoms with van der Waals surface area (Å²) in [5, 5.41) is 14.1. The molecule has 1 N–H and O–H groups in total. The van der Waals surface area contributed by atoms with Gasteiger partial charge in [-0.1, -0.05) is 37.6 Å². The van der Waals surface area contributed by atoms with Crippen molar-refractivity contribution in [3.63, 3.8) is 0 Å². The molecule has 0 aromatic heterocycles. The number of hydrazone groups is 1. The first kappa shape index (κ1) is 14.1. The van der Waals surface area contributed by atoms with Crippen LogP contribution in [0.4, 0.5) is 0 Å². The molecule has 1 aromatic carbocycles. The second-order valence-corrected chi connectivity index (χ2v) is 7.07. The molecular weight excluding hydrogens is 263 g/mol. The molecule has 0 amide bonds. The average Bonchev–Trinajstić information content (AvgIpc) is 2.26. The van der Waals surface area contributed by atoms with E-state index in [1.807, 2.05) is 32.9 Å². The van der Waals surface area contributed by atoms with Gasteiger partial charge >= 0.3 is 7.05 Å². The minimum absolute atomic E-state index is 0.0215. The molecule has 0 saturated heterocycles. The highest BCUT2D eigenvalue weighted by molar-refractivity contribution is 7.90. The van der Waals surface area contributed by atoms with Gasteiger partial charge in [-0.3, -0.25) is 0 Å². The van der Waals surface area contributed by atoms with Crippen LogP contribution in [0.2, 0.25) is 0 Å². The highest BCUT2D eigenvalue weighted by Crippen LogP contribution is 2.14. The largest absolute Gasteiger partial charge is 0.484 e. The van der Waals surface area contributed by atoms with Crippen LogP contribution in [-0.2, 0) is 10.0 Å². The molecule has 7 heteroatoms. The van der Waals surface area contributed by atoms with Crippen LogP contribution >= 0.6 is 0 Å². The maximum atomic E-state index is 12.1. The summed E-state index contributed by atoms with van der Waals surface area (Å²) in [6, 6.07) is 5.45. The van der Waals surface area contributed by atoms with Crippen LogP contribution in [0.3, 0.4) is 0 Å². The van der Waals surface area contributed by atoms with Crippen LogP contribution in [0.15, 0.2) is 23.3 Å². The molecule has 5 nitrogen and oxygen atoms in total. The Morgan fingerprint density at radius 3 is 2.74 bits per heavy atom. The van der Waals surface area contributed by atoms with E-state index in [0.29, 0.717) is 5.46 Å². The van der Waals surface area contributed by atoms with E-state index in [1.165, 1.54) is 6.21 Å². The first-order valence-corrected chi connectivity index (χ1v) is 7.77. The molecule has 1 aliphatic rings. The molecule has 0 fully saturated rings. The van der Waals surface area contributed by atoms with E-state index in [4.69, 9.17) is 0 Å². The second-order valence-electron chi connectivity index (χ2n) is 5.20. The minimum atomic E-state index is -3.60. The van der Waals surface area contributed by atoms with E-state index >= 15 is 0 Å². The van der Waals surface area contributed by atoms with Gasteiger partial charge in [0.15, 0.2) is 0 Å². The molecule has 2 rings (SSSR count). The fourth-order valence-electron chi connectivity index (χ4n) is 2.06. The predicted molar refractivity (Wildman–Crippen MR) is 76.8 cm³/mol. The third kappa shape index (κ3) is 2.82. The zero-order valence-corrected chi connectivity index (χ0v) is 12.1. The fourth-order valence-corrected chi connectivity index (χ4v) is 3.67. The van der Waals surface area contributed by atoms with E-state index in [2.05, 4.69) is 5.10 Å². The van der Waals surface area contributed by atoms with E-state index in [1.54, 1.807) is 6.07 Å². The van der Waals surface area contributed by atoms with Crippen molar-refractivity contribution in [1.82, 2.24) is 4.33 Å². The van der Waals surface area contributed by atoms with E-state index in [0.717, 1.165) is 15.5 Å². The molecule has 1 heterocycles. The van der Waals surface area contributed by atoms with Gasteiger partial charge in [-0.05, 0) is 23.9 Å². The molecule has 0 unspecified atom stereocenters. The summed E-state index contributed by atoms with van der Waals surface area (Å²) in [5.74, 6) is -0.0606. The van der Waals surface area contributed by atoms with Gasteiger partial charge in [-0.2, -0.15) is 5.10 Å². The zero-order valence-electron chi connectivity index (χ0n) is 11.2. The molecule has 1 aliphatic heterocycles. The predicted octanol–water partition coefficient (Wildman–Crippen LogP) is 0.318. The van der Waals surface area contributed by atoms with Gasteiger partial charge in [0.2, 0.25) is 10.0 Å². The molecular formula is C12H17BN2O3S. The highest BCUT2D eigenvalue weighted by atomic mass is 32.2. The Balaban J connectivity index is 2.37. The number of aryl methyl sites for hydroxylation is 1. The lowest BCUT2D eigenvalue weighted by molar-refractivity contribution is 0.471. The standard InChI is InChI=1S/C12H17BN2O3S/c1-9(2)8-19(17,18)15-13(16)12-5-4-10(3)6-11(12)7-14-15/h4-7,9,16H,8H2,1-3H3. The maximum absolute atomic E-state index is 12.1. The quantitative estimate of drug-likeness (QED) is 0.810. The lowest BCUT2D eigenvalue weighted by atomic mass is 9.71. The molecule has 0 aliphatic carbocycles. The van der Waals surface area contributed by atoms with Crippen molar-refractivity contribution in [3.8, 4) is 0 Å². The van der Waals surface area contributed by atoms with Crippen LogP contribution in [0.5, 0.6) is 0 Å². The Labute approximate surface area is 114 Å². The third-order valence-corrected chi connectivity index (χ3v) is 4.82. The van der Waals surface area contributed by atoms with Crippen molar-refractivity contribution in [2.24, 2.45) is 11.0 Å². The van der Waals surface area contributed by atoms with Crippen molar-refractivity contribution in [2.45, 2.75) is 20.8 Å². The molecule has 0 spiro atoms. The fraction of sp³-hybridized carbons (Fsp3) is 0.417. The molecule has 0 bridgehead atoms. The van der Waals surface area contributed by atoms with Crippen molar-refractivity contribution >= 4 is 28.8 Å². The van der Waals surface area contributed by atoms with E-state index < -0.39 is 17.1 Å². The monoisotopic (exact) mass is 280 g/mol. The SMILES string of the molecule is Cc1ccc2c(c1)C=NN(S(=O)(=O)CC(C)C)B2O. The van der Waals surface area contributed by atoms with Crippen LogP contribution < -0.4 is 5.46 Å². The molecule has 0 radical (unpaired) electrons. The van der Waals surface area contributed by atoms with E-state index in [-0.39, 0.29) is 11.7 Å². The summed E-state index contributed by atoms with van der Waals surface area (Å²) in [4.78, 5) is 0. The van der Waals surface area contributed by atoms with Crippen LogP contribution in [-0.4, -0.2) is 36.8 Å². The highest BCUT2D eigenvalue weighted by Gasteiger charge is 2.37. The molecule has 102 valence electrons. The number of sulfonamides is 1. The Morgan fingerprint density at radius 1 is 1.42 bits per heavy atom. The summed E-state index contributed by atoms with van der Waals surface area (Å²) in [7, 11) is -4.85. The summed E-state index contributed by atoms with van der Waals surface area (Å²) in [6.07, 6.45) is 1.48. The van der Waals surface area contributed by atoms with Gasteiger partial charge < -0.3 is 5.02 Å². The third-order valence-electron chi connectivity index (χ3n) is 2.87. The first-order valence-electron chi connectivity index (χ1n) is 6.16. The van der Waals surface area contributed by atoms with Crippen molar-refractivity contribution in [2.75, 3.05) is 5.75 Å².